The van der Waals surface area contributed by atoms with E-state index in [2.05, 4.69) is 20.9 Å². The molecule has 0 bridgehead atoms. The molecule has 0 unspecified atom stereocenters. The van der Waals surface area contributed by atoms with Crippen LogP contribution in [0.15, 0.2) is 22.7 Å². The second-order valence-electron chi connectivity index (χ2n) is 5.32. The van der Waals surface area contributed by atoms with Crippen LogP contribution < -0.4 is 0 Å². The highest BCUT2D eigenvalue weighted by Crippen LogP contribution is 2.25. The fourth-order valence-electron chi connectivity index (χ4n) is 2.84. The molecule has 0 saturated carbocycles. The summed E-state index contributed by atoms with van der Waals surface area (Å²) in [6, 6.07) is 5.85. The van der Waals surface area contributed by atoms with Crippen LogP contribution in [0.4, 0.5) is 4.39 Å². The van der Waals surface area contributed by atoms with Gasteiger partial charge in [-0.3, -0.25) is 4.90 Å². The van der Waals surface area contributed by atoms with Crippen molar-refractivity contribution in [2.75, 3.05) is 13.2 Å². The number of aromatic nitrogens is 2. The lowest BCUT2D eigenvalue weighted by molar-refractivity contribution is 0.150. The van der Waals surface area contributed by atoms with Gasteiger partial charge in [-0.2, -0.15) is 0 Å². The van der Waals surface area contributed by atoms with Crippen LogP contribution in [0, 0.1) is 0 Å². The van der Waals surface area contributed by atoms with Crippen molar-refractivity contribution >= 4 is 27.0 Å². The van der Waals surface area contributed by atoms with Gasteiger partial charge in [0, 0.05) is 24.1 Å². The number of hydrogen-bond acceptors (Lipinski definition) is 3. The van der Waals surface area contributed by atoms with E-state index >= 15 is 0 Å². The summed E-state index contributed by atoms with van der Waals surface area (Å²) < 4.78 is 16.5. The molecular formula is C14H17BrFN3O. The van der Waals surface area contributed by atoms with Gasteiger partial charge in [-0.15, -0.1) is 0 Å². The molecule has 1 aromatic carbocycles. The van der Waals surface area contributed by atoms with E-state index in [0.29, 0.717) is 19.5 Å². The smallest absolute Gasteiger partial charge is 0.123 e. The minimum atomic E-state index is -0.851. The number of halogens is 2. The number of nitrogens with zero attached hydrogens (tertiary/aromatic N) is 3. The highest BCUT2D eigenvalue weighted by Gasteiger charge is 2.32. The summed E-state index contributed by atoms with van der Waals surface area (Å²) >= 11 is 3.46. The van der Waals surface area contributed by atoms with Crippen LogP contribution >= 0.6 is 15.9 Å². The molecule has 20 heavy (non-hydrogen) atoms. The zero-order valence-corrected chi connectivity index (χ0v) is 12.8. The first-order chi connectivity index (χ1) is 9.58. The molecule has 1 aliphatic rings. The predicted molar refractivity (Wildman–Crippen MR) is 79.2 cm³/mol. The Kier molecular flexibility index (Phi) is 3.79. The highest BCUT2D eigenvalue weighted by molar-refractivity contribution is 9.10. The fourth-order valence-corrected chi connectivity index (χ4v) is 3.19. The zero-order valence-electron chi connectivity index (χ0n) is 11.3. The van der Waals surface area contributed by atoms with Crippen LogP contribution in [-0.4, -0.2) is 44.9 Å². The highest BCUT2D eigenvalue weighted by atomic mass is 79.9. The van der Waals surface area contributed by atoms with E-state index in [1.54, 1.807) is 0 Å². The molecule has 0 aliphatic carbocycles. The molecule has 4 nitrogen and oxygen atoms in total. The number of benzene rings is 1. The number of alkyl halides is 1. The lowest BCUT2D eigenvalue weighted by Gasteiger charge is -2.21. The topological polar surface area (TPSA) is 41.3 Å². The Morgan fingerprint density at radius 1 is 1.50 bits per heavy atom. The number of likely N-dealkylation sites (tertiary alicyclic amines) is 1. The van der Waals surface area contributed by atoms with Gasteiger partial charge in [0.15, 0.2) is 0 Å². The first kappa shape index (κ1) is 14.0. The first-order valence-electron chi connectivity index (χ1n) is 6.68. The maximum Gasteiger partial charge on any atom is 0.123 e. The maximum absolute atomic E-state index is 13.5. The normalized spacial score (nSPS) is 23.8. The minimum Gasteiger partial charge on any atom is -0.395 e. The van der Waals surface area contributed by atoms with Gasteiger partial charge in [0.05, 0.1) is 24.2 Å². The Bertz CT molecular complexity index is 630. The second kappa shape index (κ2) is 5.42. The lowest BCUT2D eigenvalue weighted by atomic mass is 10.2. The van der Waals surface area contributed by atoms with Crippen LogP contribution in [0.2, 0.25) is 0 Å². The Balaban J connectivity index is 1.89. The average molecular weight is 342 g/mol. The summed E-state index contributed by atoms with van der Waals surface area (Å²) in [7, 11) is 1.97. The Hall–Kier alpha value is -0.980. The van der Waals surface area contributed by atoms with Crippen molar-refractivity contribution in [3.8, 4) is 0 Å². The molecule has 1 saturated heterocycles. The molecule has 0 radical (unpaired) electrons. The number of aryl methyl sites for hydroxylation is 1. The van der Waals surface area contributed by atoms with Crippen molar-refractivity contribution in [2.45, 2.75) is 25.2 Å². The van der Waals surface area contributed by atoms with E-state index in [1.807, 2.05) is 34.7 Å². The molecule has 3 rings (SSSR count). The van der Waals surface area contributed by atoms with Crippen LogP contribution in [0.3, 0.4) is 0 Å². The van der Waals surface area contributed by atoms with Crippen molar-refractivity contribution < 1.29 is 9.50 Å². The summed E-state index contributed by atoms with van der Waals surface area (Å²) in [5, 5.41) is 9.34. The Morgan fingerprint density at radius 3 is 3.05 bits per heavy atom. The fraction of sp³-hybridized carbons (Fsp3) is 0.500. The van der Waals surface area contributed by atoms with Gasteiger partial charge in [-0.25, -0.2) is 9.37 Å². The molecule has 2 aromatic rings. The molecule has 2 atom stereocenters. The summed E-state index contributed by atoms with van der Waals surface area (Å²) in [6.07, 6.45) is -0.442. The van der Waals surface area contributed by atoms with Gasteiger partial charge in [0.25, 0.3) is 0 Å². The number of hydrogen-bond donors (Lipinski definition) is 1. The van der Waals surface area contributed by atoms with Crippen LogP contribution in [0.1, 0.15) is 12.2 Å². The molecule has 6 heteroatoms. The van der Waals surface area contributed by atoms with E-state index in [0.717, 1.165) is 21.3 Å². The standard InChI is InChI=1S/C14H17BrFN3O/c1-18-13-4-9(15)2-3-12(13)17-14(18)7-19-6-10(16)5-11(19)8-20/h2-4,10-11,20H,5-8H2,1H3/t10-,11-/m0/s1. The Labute approximate surface area is 125 Å². The first-order valence-corrected chi connectivity index (χ1v) is 7.47. The maximum atomic E-state index is 13.5. The molecule has 2 heterocycles. The van der Waals surface area contributed by atoms with Gasteiger partial charge >= 0.3 is 0 Å². The third-order valence-corrected chi connectivity index (χ3v) is 4.46. The SMILES string of the molecule is Cn1c(CN2C[C@@H](F)C[C@H]2CO)nc2ccc(Br)cc21. The molecule has 108 valence electrons. The van der Waals surface area contributed by atoms with Gasteiger partial charge < -0.3 is 9.67 Å². The molecule has 0 amide bonds. The molecule has 0 spiro atoms. The largest absolute Gasteiger partial charge is 0.395 e. The lowest BCUT2D eigenvalue weighted by Crippen LogP contribution is -2.32. The number of fused-ring (bicyclic) bond motifs is 1. The molecular weight excluding hydrogens is 325 g/mol. The number of aliphatic hydroxyl groups is 1. The van der Waals surface area contributed by atoms with Crippen molar-refractivity contribution in [1.82, 2.24) is 14.5 Å². The van der Waals surface area contributed by atoms with Gasteiger partial charge in [0.1, 0.15) is 12.0 Å². The van der Waals surface area contributed by atoms with Crippen molar-refractivity contribution in [1.29, 1.82) is 0 Å². The number of rotatable bonds is 3. The number of aliphatic hydroxyl groups excluding tert-OH is 1. The average Bonchev–Trinajstić information content (AvgIpc) is 2.92. The van der Waals surface area contributed by atoms with E-state index in [1.165, 1.54) is 0 Å². The summed E-state index contributed by atoms with van der Waals surface area (Å²) in [5.74, 6) is 0.894. The van der Waals surface area contributed by atoms with E-state index in [9.17, 15) is 9.50 Å². The Morgan fingerprint density at radius 2 is 2.30 bits per heavy atom. The molecule has 1 aliphatic heterocycles. The monoisotopic (exact) mass is 341 g/mol. The van der Waals surface area contributed by atoms with E-state index in [-0.39, 0.29) is 12.6 Å². The third-order valence-electron chi connectivity index (χ3n) is 3.97. The second-order valence-corrected chi connectivity index (χ2v) is 6.23. The van der Waals surface area contributed by atoms with Crippen LogP contribution in [0.25, 0.3) is 11.0 Å². The van der Waals surface area contributed by atoms with E-state index < -0.39 is 6.17 Å². The minimum absolute atomic E-state index is 0.00406. The van der Waals surface area contributed by atoms with Crippen LogP contribution in [-0.2, 0) is 13.6 Å². The predicted octanol–water partition coefficient (Wildman–Crippen LogP) is 2.24. The van der Waals surface area contributed by atoms with Crippen LogP contribution in [0.5, 0.6) is 0 Å². The van der Waals surface area contributed by atoms with Gasteiger partial charge in [-0.1, -0.05) is 15.9 Å². The van der Waals surface area contributed by atoms with Crippen molar-refractivity contribution in [3.05, 3.63) is 28.5 Å². The van der Waals surface area contributed by atoms with Crippen molar-refractivity contribution in [3.63, 3.8) is 0 Å². The van der Waals surface area contributed by atoms with Gasteiger partial charge in [0.2, 0.25) is 0 Å². The van der Waals surface area contributed by atoms with Gasteiger partial charge in [-0.05, 0) is 24.6 Å². The van der Waals surface area contributed by atoms with E-state index in [4.69, 9.17) is 0 Å². The number of imidazole rings is 1. The molecule has 1 fully saturated rings. The quantitative estimate of drug-likeness (QED) is 0.930. The zero-order chi connectivity index (χ0) is 14.3. The summed E-state index contributed by atoms with van der Waals surface area (Å²) in [6.45, 7) is 0.933. The third kappa shape index (κ3) is 2.47. The summed E-state index contributed by atoms with van der Waals surface area (Å²) in [4.78, 5) is 6.58. The summed E-state index contributed by atoms with van der Waals surface area (Å²) in [5.41, 5.74) is 1.98. The molecule has 1 aromatic heterocycles. The molecule has 1 N–H and O–H groups in total. The van der Waals surface area contributed by atoms with Crippen molar-refractivity contribution in [2.24, 2.45) is 7.05 Å².